The Labute approximate surface area is 81.4 Å². The number of nitrogens with one attached hydrogen (secondary N) is 1. The van der Waals surface area contributed by atoms with Crippen molar-refractivity contribution in [2.75, 3.05) is 6.26 Å². The van der Waals surface area contributed by atoms with Crippen LogP contribution in [-0.4, -0.2) is 30.5 Å². The summed E-state index contributed by atoms with van der Waals surface area (Å²) in [7, 11) is -3.56. The maximum atomic E-state index is 11.2. The summed E-state index contributed by atoms with van der Waals surface area (Å²) in [6.45, 7) is 1.76. The molecule has 0 aromatic carbocycles. The van der Waals surface area contributed by atoms with Gasteiger partial charge in [0.25, 0.3) is 0 Å². The first-order valence-electron chi connectivity index (χ1n) is 3.69. The third kappa shape index (κ3) is 3.09. The number of carbonyl (C=O) groups excluding carboxylic acids is 1. The molecule has 7 heteroatoms. The molecule has 0 radical (unpaired) electrons. The highest BCUT2D eigenvalue weighted by Crippen LogP contribution is 1.93. The highest BCUT2D eigenvalue weighted by Gasteiger charge is 2.12. The van der Waals surface area contributed by atoms with Gasteiger partial charge in [-0.25, -0.2) is 23.1 Å². The van der Waals surface area contributed by atoms with E-state index in [0.29, 0.717) is 0 Å². The third-order valence-electron chi connectivity index (χ3n) is 1.26. The van der Waals surface area contributed by atoms with Crippen LogP contribution in [0.1, 0.15) is 16.2 Å². The number of sulfonamides is 1. The molecule has 0 spiro atoms. The van der Waals surface area contributed by atoms with Crippen LogP contribution in [0, 0.1) is 6.92 Å². The van der Waals surface area contributed by atoms with Gasteiger partial charge in [0.1, 0.15) is 0 Å². The van der Waals surface area contributed by atoms with E-state index < -0.39 is 15.9 Å². The zero-order valence-corrected chi connectivity index (χ0v) is 8.50. The number of rotatable bonds is 2. The number of amides is 1. The van der Waals surface area contributed by atoms with Gasteiger partial charge in [0.2, 0.25) is 15.8 Å². The minimum atomic E-state index is -3.56. The van der Waals surface area contributed by atoms with Crippen LogP contribution < -0.4 is 4.72 Å². The predicted octanol–water partition coefficient (Wildman–Crippen LogP) is -0.526. The fourth-order valence-electron chi connectivity index (χ4n) is 0.724. The van der Waals surface area contributed by atoms with Gasteiger partial charge in [-0.3, -0.25) is 4.79 Å². The molecule has 1 aromatic heterocycles. The van der Waals surface area contributed by atoms with Gasteiger partial charge < -0.3 is 0 Å². The summed E-state index contributed by atoms with van der Waals surface area (Å²) in [6.07, 6.45) is 3.76. The summed E-state index contributed by atoms with van der Waals surface area (Å²) in [5.74, 6) is -0.992. The van der Waals surface area contributed by atoms with Crippen molar-refractivity contribution in [3.05, 3.63) is 23.8 Å². The van der Waals surface area contributed by atoms with E-state index in [2.05, 4.69) is 9.97 Å². The van der Waals surface area contributed by atoms with Crippen LogP contribution in [0.15, 0.2) is 12.4 Å². The molecule has 76 valence electrons. The first kappa shape index (κ1) is 10.6. The Bertz CT molecular complexity index is 438. The van der Waals surface area contributed by atoms with Gasteiger partial charge in [-0.1, -0.05) is 0 Å². The Morgan fingerprint density at radius 2 is 1.86 bits per heavy atom. The molecule has 0 aliphatic carbocycles. The summed E-state index contributed by atoms with van der Waals surface area (Å²) >= 11 is 0. The molecular weight excluding hydrogens is 206 g/mol. The average molecular weight is 215 g/mol. The summed E-state index contributed by atoms with van der Waals surface area (Å²) in [6, 6.07) is 0. The van der Waals surface area contributed by atoms with Crippen molar-refractivity contribution >= 4 is 15.9 Å². The van der Waals surface area contributed by atoms with E-state index in [9.17, 15) is 13.2 Å². The molecule has 6 nitrogen and oxygen atoms in total. The highest BCUT2D eigenvalue weighted by molar-refractivity contribution is 7.89. The standard InChI is InChI=1S/C7H9N3O3S/c1-5-3-8-6(9-4-5)7(11)10-14(2,12)13/h3-4H,1-2H3,(H,10,11). The van der Waals surface area contributed by atoms with Crippen molar-refractivity contribution < 1.29 is 13.2 Å². The van der Waals surface area contributed by atoms with Crippen LogP contribution in [0.5, 0.6) is 0 Å². The van der Waals surface area contributed by atoms with Crippen molar-refractivity contribution in [1.82, 2.24) is 14.7 Å². The largest absolute Gasteiger partial charge is 0.302 e. The van der Waals surface area contributed by atoms with Gasteiger partial charge in [0, 0.05) is 12.4 Å². The molecule has 0 atom stereocenters. The first-order valence-corrected chi connectivity index (χ1v) is 5.58. The van der Waals surface area contributed by atoms with Gasteiger partial charge in [-0.15, -0.1) is 0 Å². The molecule has 0 aliphatic rings. The molecule has 1 heterocycles. The van der Waals surface area contributed by atoms with Crippen molar-refractivity contribution in [3.8, 4) is 0 Å². The van der Waals surface area contributed by atoms with Crippen LogP contribution in [-0.2, 0) is 10.0 Å². The number of carbonyl (C=O) groups is 1. The molecule has 1 rings (SSSR count). The Balaban J connectivity index is 2.86. The monoisotopic (exact) mass is 215 g/mol. The minimum absolute atomic E-state index is 0.166. The SMILES string of the molecule is Cc1cnc(C(=O)NS(C)(=O)=O)nc1. The fourth-order valence-corrected chi connectivity index (χ4v) is 1.15. The molecule has 14 heavy (non-hydrogen) atoms. The molecule has 0 saturated heterocycles. The number of hydrogen-bond acceptors (Lipinski definition) is 5. The number of nitrogens with zero attached hydrogens (tertiary/aromatic N) is 2. The maximum absolute atomic E-state index is 11.2. The van der Waals surface area contributed by atoms with Gasteiger partial charge in [-0.05, 0) is 12.5 Å². The quantitative estimate of drug-likeness (QED) is 0.716. The lowest BCUT2D eigenvalue weighted by atomic mass is 10.4. The molecule has 1 amide bonds. The van der Waals surface area contributed by atoms with Crippen LogP contribution in [0.2, 0.25) is 0 Å². The Hall–Kier alpha value is -1.50. The van der Waals surface area contributed by atoms with E-state index >= 15 is 0 Å². The second kappa shape index (κ2) is 3.70. The van der Waals surface area contributed by atoms with Crippen LogP contribution >= 0.6 is 0 Å². The Morgan fingerprint density at radius 3 is 2.29 bits per heavy atom. The first-order chi connectivity index (χ1) is 6.38. The van der Waals surface area contributed by atoms with Gasteiger partial charge in [0.15, 0.2) is 0 Å². The highest BCUT2D eigenvalue weighted by atomic mass is 32.2. The summed E-state index contributed by atoms with van der Waals surface area (Å²) in [4.78, 5) is 18.5. The Kier molecular flexibility index (Phi) is 2.80. The molecule has 1 N–H and O–H groups in total. The van der Waals surface area contributed by atoms with E-state index in [1.54, 1.807) is 11.6 Å². The Morgan fingerprint density at radius 1 is 1.36 bits per heavy atom. The van der Waals surface area contributed by atoms with E-state index in [1.807, 2.05) is 0 Å². The normalized spacial score (nSPS) is 11.0. The van der Waals surface area contributed by atoms with E-state index in [1.165, 1.54) is 12.4 Å². The number of aromatic nitrogens is 2. The average Bonchev–Trinajstić information content (AvgIpc) is 2.02. The zero-order valence-electron chi connectivity index (χ0n) is 7.68. The zero-order chi connectivity index (χ0) is 10.8. The van der Waals surface area contributed by atoms with Gasteiger partial charge in [-0.2, -0.15) is 0 Å². The van der Waals surface area contributed by atoms with Crippen LogP contribution in [0.25, 0.3) is 0 Å². The number of hydrogen-bond donors (Lipinski definition) is 1. The molecule has 0 bridgehead atoms. The molecule has 0 unspecified atom stereocenters. The second-order valence-electron chi connectivity index (χ2n) is 2.79. The molecular formula is C7H9N3O3S. The van der Waals surface area contributed by atoms with Gasteiger partial charge >= 0.3 is 5.91 Å². The van der Waals surface area contributed by atoms with Crippen LogP contribution in [0.4, 0.5) is 0 Å². The summed E-state index contributed by atoms with van der Waals surface area (Å²) < 4.78 is 23.2. The fraction of sp³-hybridized carbons (Fsp3) is 0.286. The summed E-state index contributed by atoms with van der Waals surface area (Å²) in [5.41, 5.74) is 0.793. The smallest absolute Gasteiger partial charge is 0.265 e. The minimum Gasteiger partial charge on any atom is -0.265 e. The van der Waals surface area contributed by atoms with Crippen LogP contribution in [0.3, 0.4) is 0 Å². The lowest BCUT2D eigenvalue weighted by molar-refractivity contribution is 0.0971. The van der Waals surface area contributed by atoms with E-state index in [-0.39, 0.29) is 5.82 Å². The maximum Gasteiger partial charge on any atom is 0.302 e. The van der Waals surface area contributed by atoms with Crippen molar-refractivity contribution in [1.29, 1.82) is 0 Å². The third-order valence-corrected chi connectivity index (χ3v) is 1.82. The molecule has 0 fully saturated rings. The number of aryl methyl sites for hydroxylation is 1. The molecule has 0 saturated carbocycles. The van der Waals surface area contributed by atoms with Crippen molar-refractivity contribution in [3.63, 3.8) is 0 Å². The van der Waals surface area contributed by atoms with Gasteiger partial charge in [0.05, 0.1) is 6.26 Å². The molecule has 1 aromatic rings. The van der Waals surface area contributed by atoms with E-state index in [0.717, 1.165) is 11.8 Å². The summed E-state index contributed by atoms with van der Waals surface area (Å²) in [5, 5.41) is 0. The predicted molar refractivity (Wildman–Crippen MR) is 49.1 cm³/mol. The van der Waals surface area contributed by atoms with Crippen molar-refractivity contribution in [2.24, 2.45) is 0 Å². The molecule has 0 aliphatic heterocycles. The van der Waals surface area contributed by atoms with E-state index in [4.69, 9.17) is 0 Å². The topological polar surface area (TPSA) is 89.0 Å². The lowest BCUT2D eigenvalue weighted by Gasteiger charge is -2.00. The lowest BCUT2D eigenvalue weighted by Crippen LogP contribution is -2.30. The second-order valence-corrected chi connectivity index (χ2v) is 4.54. The van der Waals surface area contributed by atoms with Crippen molar-refractivity contribution in [2.45, 2.75) is 6.92 Å².